The molecule has 2 rings (SSSR count). The van der Waals surface area contributed by atoms with E-state index in [9.17, 15) is 0 Å². The molecule has 1 aromatic rings. The number of fused-ring (bicyclic) bond motifs is 1. The fourth-order valence-electron chi connectivity index (χ4n) is 1.47. The van der Waals surface area contributed by atoms with E-state index in [2.05, 4.69) is 37.4 Å². The monoisotopic (exact) mass is 263 g/mol. The molecule has 0 unspecified atom stereocenters. The number of aromatic nitrogens is 3. The molecule has 0 saturated heterocycles. The lowest BCUT2D eigenvalue weighted by molar-refractivity contribution is 0.514. The minimum atomic E-state index is 0.977. The Labute approximate surface area is 79.3 Å². The van der Waals surface area contributed by atoms with Gasteiger partial charge >= 0.3 is 0 Å². The molecule has 0 aromatic carbocycles. The maximum absolute atomic E-state index is 4.14. The summed E-state index contributed by atoms with van der Waals surface area (Å²) in [6, 6.07) is 0. The molecule has 0 aliphatic carbocycles. The standard InChI is InChI=1S/C7H10IN3/c8-5-7-10-9-6-3-1-2-4-11(6)7/h1-5H2. The van der Waals surface area contributed by atoms with E-state index in [-0.39, 0.29) is 0 Å². The van der Waals surface area contributed by atoms with Crippen LogP contribution in [-0.2, 0) is 17.4 Å². The van der Waals surface area contributed by atoms with Crippen molar-refractivity contribution in [3.8, 4) is 0 Å². The number of hydrogen-bond acceptors (Lipinski definition) is 2. The summed E-state index contributed by atoms with van der Waals surface area (Å²) < 4.78 is 3.24. The van der Waals surface area contributed by atoms with Crippen LogP contribution in [0.3, 0.4) is 0 Å². The van der Waals surface area contributed by atoms with Gasteiger partial charge in [-0.05, 0) is 12.8 Å². The summed E-state index contributed by atoms with van der Waals surface area (Å²) in [5.74, 6) is 2.32. The van der Waals surface area contributed by atoms with Crippen LogP contribution in [0.4, 0.5) is 0 Å². The van der Waals surface area contributed by atoms with Crippen molar-refractivity contribution in [2.45, 2.75) is 30.2 Å². The van der Waals surface area contributed by atoms with Gasteiger partial charge in [-0.2, -0.15) is 0 Å². The first-order valence-corrected chi connectivity index (χ1v) is 5.41. The summed E-state index contributed by atoms with van der Waals surface area (Å²) in [6.07, 6.45) is 3.68. The lowest BCUT2D eigenvalue weighted by Crippen LogP contribution is -2.12. The van der Waals surface area contributed by atoms with Crippen molar-refractivity contribution < 1.29 is 0 Å². The van der Waals surface area contributed by atoms with Gasteiger partial charge in [0.05, 0.1) is 4.43 Å². The van der Waals surface area contributed by atoms with E-state index >= 15 is 0 Å². The number of halogens is 1. The topological polar surface area (TPSA) is 30.7 Å². The van der Waals surface area contributed by atoms with Crippen molar-refractivity contribution in [2.75, 3.05) is 0 Å². The summed E-state index contributed by atoms with van der Waals surface area (Å²) in [6.45, 7) is 1.13. The van der Waals surface area contributed by atoms with Gasteiger partial charge in [-0.3, -0.25) is 0 Å². The third kappa shape index (κ3) is 1.28. The molecule has 1 aromatic heterocycles. The zero-order valence-corrected chi connectivity index (χ0v) is 8.41. The molecule has 60 valence electrons. The van der Waals surface area contributed by atoms with Crippen molar-refractivity contribution in [3.05, 3.63) is 11.6 Å². The highest BCUT2D eigenvalue weighted by atomic mass is 127. The zero-order chi connectivity index (χ0) is 7.68. The van der Waals surface area contributed by atoms with Crippen molar-refractivity contribution in [1.29, 1.82) is 0 Å². The van der Waals surface area contributed by atoms with Crippen LogP contribution in [0.2, 0.25) is 0 Å². The number of nitrogens with zero attached hydrogens (tertiary/aromatic N) is 3. The summed E-state index contributed by atoms with van der Waals surface area (Å²) in [5, 5.41) is 8.26. The minimum Gasteiger partial charge on any atom is -0.314 e. The van der Waals surface area contributed by atoms with E-state index in [1.165, 1.54) is 18.7 Å². The molecular weight excluding hydrogens is 253 g/mol. The molecule has 1 aliphatic rings. The molecule has 0 fully saturated rings. The van der Waals surface area contributed by atoms with Crippen molar-refractivity contribution in [3.63, 3.8) is 0 Å². The Hall–Kier alpha value is -0.130. The molecule has 4 heteroatoms. The van der Waals surface area contributed by atoms with Crippen LogP contribution in [0.1, 0.15) is 24.5 Å². The first-order valence-electron chi connectivity index (χ1n) is 3.89. The Morgan fingerprint density at radius 2 is 2.27 bits per heavy atom. The molecule has 0 amide bonds. The van der Waals surface area contributed by atoms with Gasteiger partial charge in [0.25, 0.3) is 0 Å². The lowest BCUT2D eigenvalue weighted by atomic mass is 10.2. The molecule has 3 nitrogen and oxygen atoms in total. The van der Waals surface area contributed by atoms with E-state index in [0.717, 1.165) is 23.2 Å². The summed E-state index contributed by atoms with van der Waals surface area (Å²) in [4.78, 5) is 0. The molecule has 0 saturated carbocycles. The van der Waals surface area contributed by atoms with Gasteiger partial charge in [-0.15, -0.1) is 10.2 Å². The number of alkyl halides is 1. The first-order chi connectivity index (χ1) is 5.42. The first kappa shape index (κ1) is 7.52. The van der Waals surface area contributed by atoms with Gasteiger partial charge in [0.2, 0.25) is 0 Å². The maximum atomic E-state index is 4.14. The van der Waals surface area contributed by atoms with Gasteiger partial charge < -0.3 is 4.57 Å². The lowest BCUT2D eigenvalue weighted by Gasteiger charge is -2.13. The number of aryl methyl sites for hydroxylation is 1. The minimum absolute atomic E-state index is 0.977. The molecule has 0 N–H and O–H groups in total. The van der Waals surface area contributed by atoms with Gasteiger partial charge in [0.1, 0.15) is 11.6 Å². The zero-order valence-electron chi connectivity index (χ0n) is 6.26. The Kier molecular flexibility index (Phi) is 2.11. The maximum Gasteiger partial charge on any atom is 0.142 e. The Morgan fingerprint density at radius 1 is 1.36 bits per heavy atom. The second-order valence-electron chi connectivity index (χ2n) is 2.77. The van der Waals surface area contributed by atoms with Gasteiger partial charge in [0, 0.05) is 13.0 Å². The smallest absolute Gasteiger partial charge is 0.142 e. The van der Waals surface area contributed by atoms with Crippen LogP contribution in [0, 0.1) is 0 Å². The van der Waals surface area contributed by atoms with Crippen molar-refractivity contribution in [1.82, 2.24) is 14.8 Å². The third-order valence-corrected chi connectivity index (χ3v) is 2.74. The average Bonchev–Trinajstić information content (AvgIpc) is 2.47. The second kappa shape index (κ2) is 3.08. The van der Waals surface area contributed by atoms with Crippen LogP contribution in [0.25, 0.3) is 0 Å². The number of rotatable bonds is 1. The van der Waals surface area contributed by atoms with E-state index in [1.807, 2.05) is 0 Å². The van der Waals surface area contributed by atoms with Gasteiger partial charge in [-0.1, -0.05) is 22.6 Å². The molecule has 1 aliphatic heterocycles. The van der Waals surface area contributed by atoms with Gasteiger partial charge in [0.15, 0.2) is 0 Å². The molecule has 2 heterocycles. The van der Waals surface area contributed by atoms with Crippen LogP contribution < -0.4 is 0 Å². The largest absolute Gasteiger partial charge is 0.314 e. The Balaban J connectivity index is 2.38. The molecular formula is C7H10IN3. The van der Waals surface area contributed by atoms with Gasteiger partial charge in [-0.25, -0.2) is 0 Å². The molecule has 11 heavy (non-hydrogen) atoms. The van der Waals surface area contributed by atoms with Crippen molar-refractivity contribution in [2.24, 2.45) is 0 Å². The molecule has 0 bridgehead atoms. The predicted octanol–water partition coefficient (Wildman–Crippen LogP) is 1.55. The van der Waals surface area contributed by atoms with Crippen LogP contribution >= 0.6 is 22.6 Å². The molecule has 0 atom stereocenters. The summed E-state index contributed by atoms with van der Waals surface area (Å²) in [5.41, 5.74) is 0. The van der Waals surface area contributed by atoms with Crippen LogP contribution in [0.15, 0.2) is 0 Å². The predicted molar refractivity (Wildman–Crippen MR) is 50.7 cm³/mol. The van der Waals surface area contributed by atoms with E-state index in [1.54, 1.807) is 0 Å². The van der Waals surface area contributed by atoms with E-state index in [4.69, 9.17) is 0 Å². The van der Waals surface area contributed by atoms with E-state index in [0.29, 0.717) is 0 Å². The number of hydrogen-bond donors (Lipinski definition) is 0. The Bertz CT molecular complexity index is 243. The fraction of sp³-hybridized carbons (Fsp3) is 0.714. The normalized spacial score (nSPS) is 16.5. The summed E-state index contributed by atoms with van der Waals surface area (Å²) >= 11 is 2.33. The highest BCUT2D eigenvalue weighted by molar-refractivity contribution is 14.1. The highest BCUT2D eigenvalue weighted by Gasteiger charge is 2.13. The summed E-state index contributed by atoms with van der Waals surface area (Å²) in [7, 11) is 0. The van der Waals surface area contributed by atoms with Crippen LogP contribution in [-0.4, -0.2) is 14.8 Å². The SMILES string of the molecule is ICc1nnc2n1CCCC2. The second-order valence-corrected chi connectivity index (χ2v) is 3.54. The third-order valence-electron chi connectivity index (χ3n) is 2.06. The van der Waals surface area contributed by atoms with E-state index < -0.39 is 0 Å². The molecule has 0 radical (unpaired) electrons. The van der Waals surface area contributed by atoms with Crippen molar-refractivity contribution >= 4 is 22.6 Å². The highest BCUT2D eigenvalue weighted by Crippen LogP contribution is 2.15. The Morgan fingerprint density at radius 3 is 3.09 bits per heavy atom. The van der Waals surface area contributed by atoms with Crippen LogP contribution in [0.5, 0.6) is 0 Å². The fourth-order valence-corrected chi connectivity index (χ4v) is 2.03. The molecule has 0 spiro atoms. The quantitative estimate of drug-likeness (QED) is 0.568. The average molecular weight is 263 g/mol.